The van der Waals surface area contributed by atoms with Gasteiger partial charge in [0, 0.05) is 0 Å². The first-order valence-electron chi connectivity index (χ1n) is 5.04. The lowest BCUT2D eigenvalue weighted by Gasteiger charge is -2.18. The molecule has 1 aromatic rings. The summed E-state index contributed by atoms with van der Waals surface area (Å²) in [5, 5.41) is 8.49. The van der Waals surface area contributed by atoms with Crippen molar-refractivity contribution in [2.45, 2.75) is 18.8 Å². The first kappa shape index (κ1) is 16.1. The van der Waals surface area contributed by atoms with Gasteiger partial charge in [0.2, 0.25) is 0 Å². The van der Waals surface area contributed by atoms with Gasteiger partial charge in [-0.15, -0.1) is 0 Å². The molecule has 0 atom stereocenters. The molecule has 0 aliphatic rings. The molecule has 3 nitrogen and oxygen atoms in total. The highest BCUT2D eigenvalue weighted by Gasteiger charge is 2.42. The van der Waals surface area contributed by atoms with Gasteiger partial charge in [-0.05, 0) is 17.7 Å². The molecule has 0 amide bonds. The molecule has 0 aliphatic carbocycles. The molecule has 1 rings (SSSR count). The molecule has 112 valence electrons. The van der Waals surface area contributed by atoms with E-state index in [1.165, 1.54) is 0 Å². The predicted octanol–water partition coefficient (Wildman–Crippen LogP) is 3.36. The number of carbonyl (C=O) groups is 1. The SMILES string of the molecule is COc1c(C(F)(F)F)cc(CC(=O)O)cc1C(F)(F)F. The molecular weight excluding hydrogens is 294 g/mol. The lowest BCUT2D eigenvalue weighted by atomic mass is 10.0. The first-order valence-corrected chi connectivity index (χ1v) is 5.04. The van der Waals surface area contributed by atoms with Crippen molar-refractivity contribution >= 4 is 5.97 Å². The molecule has 1 aromatic carbocycles. The number of hydrogen-bond donors (Lipinski definition) is 1. The van der Waals surface area contributed by atoms with E-state index in [4.69, 9.17) is 5.11 Å². The van der Waals surface area contributed by atoms with Crippen LogP contribution in [-0.2, 0) is 23.6 Å². The Balaban J connectivity index is 3.60. The van der Waals surface area contributed by atoms with Crippen LogP contribution in [0.1, 0.15) is 16.7 Å². The van der Waals surface area contributed by atoms with E-state index in [-0.39, 0.29) is 0 Å². The van der Waals surface area contributed by atoms with Crippen molar-refractivity contribution in [1.29, 1.82) is 0 Å². The van der Waals surface area contributed by atoms with E-state index >= 15 is 0 Å². The maximum atomic E-state index is 12.7. The van der Waals surface area contributed by atoms with E-state index in [0.29, 0.717) is 19.2 Å². The van der Waals surface area contributed by atoms with Crippen molar-refractivity contribution in [1.82, 2.24) is 0 Å². The summed E-state index contributed by atoms with van der Waals surface area (Å²) in [4.78, 5) is 10.5. The van der Waals surface area contributed by atoms with Crippen LogP contribution in [-0.4, -0.2) is 18.2 Å². The smallest absolute Gasteiger partial charge is 0.419 e. The Morgan fingerprint density at radius 1 is 1.10 bits per heavy atom. The lowest BCUT2D eigenvalue weighted by Crippen LogP contribution is -2.16. The minimum absolute atomic E-state index is 0.336. The van der Waals surface area contributed by atoms with E-state index < -0.39 is 47.2 Å². The van der Waals surface area contributed by atoms with Gasteiger partial charge in [-0.25, -0.2) is 0 Å². The van der Waals surface area contributed by atoms with Crippen LogP contribution in [0.2, 0.25) is 0 Å². The van der Waals surface area contributed by atoms with E-state index in [1.807, 2.05) is 0 Å². The van der Waals surface area contributed by atoms with Crippen LogP contribution in [0.15, 0.2) is 12.1 Å². The number of carboxylic acid groups (broad SMARTS) is 1. The highest BCUT2D eigenvalue weighted by atomic mass is 19.4. The highest BCUT2D eigenvalue weighted by Crippen LogP contribution is 2.44. The third-order valence-corrected chi connectivity index (χ3v) is 2.32. The Bertz CT molecular complexity index is 483. The van der Waals surface area contributed by atoms with Crippen molar-refractivity contribution in [3.05, 3.63) is 28.8 Å². The number of alkyl halides is 6. The summed E-state index contributed by atoms with van der Waals surface area (Å²) in [6, 6.07) is 0.671. The van der Waals surface area contributed by atoms with Crippen molar-refractivity contribution < 1.29 is 41.0 Å². The highest BCUT2D eigenvalue weighted by molar-refractivity contribution is 5.70. The zero-order valence-corrected chi connectivity index (χ0v) is 9.89. The second-order valence-electron chi connectivity index (χ2n) is 3.79. The second-order valence-corrected chi connectivity index (χ2v) is 3.79. The molecule has 0 radical (unpaired) electrons. The van der Waals surface area contributed by atoms with Gasteiger partial charge in [-0.3, -0.25) is 4.79 Å². The Morgan fingerprint density at radius 3 is 1.75 bits per heavy atom. The standard InChI is InChI=1S/C11H8F6O3/c1-20-9-6(10(12,13)14)2-5(4-8(18)19)3-7(9)11(15,16)17/h2-3H,4H2,1H3,(H,18,19). The van der Waals surface area contributed by atoms with Crippen LogP contribution in [0.4, 0.5) is 26.3 Å². The maximum absolute atomic E-state index is 12.7. The number of rotatable bonds is 3. The van der Waals surface area contributed by atoms with Gasteiger partial charge in [0.1, 0.15) is 5.75 Å². The Hall–Kier alpha value is -1.93. The zero-order valence-electron chi connectivity index (χ0n) is 9.89. The molecule has 20 heavy (non-hydrogen) atoms. The molecular formula is C11H8F6O3. The Morgan fingerprint density at radius 2 is 1.50 bits per heavy atom. The van der Waals surface area contributed by atoms with Crippen LogP contribution < -0.4 is 4.74 Å². The number of halogens is 6. The van der Waals surface area contributed by atoms with Crippen molar-refractivity contribution in [2.75, 3.05) is 7.11 Å². The van der Waals surface area contributed by atoms with Crippen LogP contribution in [0.3, 0.4) is 0 Å². The monoisotopic (exact) mass is 302 g/mol. The lowest BCUT2D eigenvalue weighted by molar-refractivity contribution is -0.146. The van der Waals surface area contributed by atoms with Gasteiger partial charge >= 0.3 is 18.3 Å². The average molecular weight is 302 g/mol. The first-order chi connectivity index (χ1) is 8.96. The van der Waals surface area contributed by atoms with Crippen LogP contribution in [0, 0.1) is 0 Å². The fourth-order valence-corrected chi connectivity index (χ4v) is 1.61. The fourth-order valence-electron chi connectivity index (χ4n) is 1.61. The average Bonchev–Trinajstić information content (AvgIpc) is 2.24. The topological polar surface area (TPSA) is 46.5 Å². The molecule has 0 spiro atoms. The molecule has 0 aromatic heterocycles. The summed E-state index contributed by atoms with van der Waals surface area (Å²) < 4.78 is 80.6. The minimum atomic E-state index is -5.10. The number of carboxylic acids is 1. The van der Waals surface area contributed by atoms with Crippen molar-refractivity contribution in [2.24, 2.45) is 0 Å². The van der Waals surface area contributed by atoms with Gasteiger partial charge in [-0.1, -0.05) is 0 Å². The summed E-state index contributed by atoms with van der Waals surface area (Å²) in [7, 11) is 0.677. The van der Waals surface area contributed by atoms with Gasteiger partial charge in [0.25, 0.3) is 0 Å². The molecule has 0 unspecified atom stereocenters. The molecule has 1 N–H and O–H groups in total. The zero-order chi connectivity index (χ0) is 15.7. The van der Waals surface area contributed by atoms with Gasteiger partial charge < -0.3 is 9.84 Å². The summed E-state index contributed by atoms with van der Waals surface area (Å²) >= 11 is 0. The summed E-state index contributed by atoms with van der Waals surface area (Å²) in [6.45, 7) is 0. The van der Waals surface area contributed by atoms with Gasteiger partial charge in [0.15, 0.2) is 0 Å². The molecule has 0 saturated carbocycles. The third-order valence-electron chi connectivity index (χ3n) is 2.32. The fraction of sp³-hybridized carbons (Fsp3) is 0.364. The van der Waals surface area contributed by atoms with E-state index in [1.54, 1.807) is 0 Å². The van der Waals surface area contributed by atoms with E-state index in [2.05, 4.69) is 4.74 Å². The molecule has 0 saturated heterocycles. The number of benzene rings is 1. The quantitative estimate of drug-likeness (QED) is 0.871. The maximum Gasteiger partial charge on any atom is 0.419 e. The Labute approximate surface area is 108 Å². The summed E-state index contributed by atoms with van der Waals surface area (Å²) in [6.07, 6.45) is -11.2. The van der Waals surface area contributed by atoms with Crippen LogP contribution >= 0.6 is 0 Å². The number of methoxy groups -OCH3 is 1. The number of ether oxygens (including phenoxy) is 1. The minimum Gasteiger partial charge on any atom is -0.495 e. The molecule has 0 heterocycles. The van der Waals surface area contributed by atoms with Gasteiger partial charge in [0.05, 0.1) is 24.7 Å². The van der Waals surface area contributed by atoms with Crippen molar-refractivity contribution in [3.63, 3.8) is 0 Å². The van der Waals surface area contributed by atoms with E-state index in [9.17, 15) is 31.1 Å². The largest absolute Gasteiger partial charge is 0.495 e. The van der Waals surface area contributed by atoms with Crippen LogP contribution in [0.25, 0.3) is 0 Å². The normalized spacial score (nSPS) is 12.3. The summed E-state index contributed by atoms with van der Waals surface area (Å²) in [5.74, 6) is -2.92. The molecule has 0 aliphatic heterocycles. The summed E-state index contributed by atoms with van der Waals surface area (Å²) in [5.41, 5.74) is -3.94. The van der Waals surface area contributed by atoms with Crippen molar-refractivity contribution in [3.8, 4) is 5.75 Å². The predicted molar refractivity (Wildman–Crippen MR) is 54.3 cm³/mol. The number of hydrogen-bond acceptors (Lipinski definition) is 2. The Kier molecular flexibility index (Phi) is 4.21. The van der Waals surface area contributed by atoms with E-state index in [0.717, 1.165) is 0 Å². The molecule has 0 fully saturated rings. The third kappa shape index (κ3) is 3.55. The van der Waals surface area contributed by atoms with Gasteiger partial charge in [-0.2, -0.15) is 26.3 Å². The molecule has 0 bridgehead atoms. The second kappa shape index (κ2) is 5.22. The van der Waals surface area contributed by atoms with Crippen LogP contribution in [0.5, 0.6) is 5.75 Å². The number of aliphatic carboxylic acids is 1. The molecule has 9 heteroatoms.